The number of halogens is 2. The van der Waals surface area contributed by atoms with Gasteiger partial charge < -0.3 is 4.74 Å². The number of alkyl halides is 1. The summed E-state index contributed by atoms with van der Waals surface area (Å²) in [7, 11) is 0. The lowest BCUT2D eigenvalue weighted by atomic mass is 10.0. The van der Waals surface area contributed by atoms with Crippen molar-refractivity contribution in [3.63, 3.8) is 0 Å². The van der Waals surface area contributed by atoms with Gasteiger partial charge in [-0.15, -0.1) is 0 Å². The molecule has 1 aromatic rings. The molecular weight excluding hydrogens is 339 g/mol. The average molecular weight is 355 g/mol. The Kier molecular flexibility index (Phi) is 5.30. The molecule has 0 amide bonds. The van der Waals surface area contributed by atoms with Crippen molar-refractivity contribution < 1.29 is 18.7 Å². The van der Waals surface area contributed by atoms with Crippen LogP contribution >= 0.6 is 15.9 Å². The van der Waals surface area contributed by atoms with Crippen LogP contribution in [-0.2, 0) is 14.3 Å². The number of hydrogen-bond donors (Lipinski definition) is 0. The van der Waals surface area contributed by atoms with Crippen molar-refractivity contribution in [1.82, 2.24) is 0 Å². The molecule has 1 aromatic carbocycles. The van der Waals surface area contributed by atoms with E-state index in [1.165, 1.54) is 0 Å². The number of ketones is 1. The Balaban J connectivity index is 2.87. The summed E-state index contributed by atoms with van der Waals surface area (Å²) in [6, 6.07) is 6.84. The van der Waals surface area contributed by atoms with E-state index in [4.69, 9.17) is 4.74 Å². The number of hydrogen-bond acceptors (Lipinski definition) is 3. The van der Waals surface area contributed by atoms with Gasteiger partial charge in [0.15, 0.2) is 0 Å². The largest absolute Gasteiger partial charge is 0.457 e. The first kappa shape index (κ1) is 17.4. The van der Waals surface area contributed by atoms with E-state index in [2.05, 4.69) is 27.8 Å². The van der Waals surface area contributed by atoms with Gasteiger partial charge in [0.2, 0.25) is 0 Å². The molecule has 0 heterocycles. The van der Waals surface area contributed by atoms with E-state index >= 15 is 0 Å². The summed E-state index contributed by atoms with van der Waals surface area (Å²) in [6.45, 7) is 5.65. The molecular formula is C16H16BrFO3. The van der Waals surface area contributed by atoms with E-state index in [0.717, 1.165) is 11.4 Å². The van der Waals surface area contributed by atoms with E-state index in [1.54, 1.807) is 45.0 Å². The summed E-state index contributed by atoms with van der Waals surface area (Å²) in [5.74, 6) is 2.32. The van der Waals surface area contributed by atoms with Crippen LogP contribution in [0.1, 0.15) is 33.3 Å². The number of ether oxygens (including phenoxy) is 1. The average Bonchev–Trinajstić information content (AvgIpc) is 2.35. The Labute approximate surface area is 132 Å². The Bertz CT molecular complexity index is 601. The molecule has 21 heavy (non-hydrogen) atoms. The van der Waals surface area contributed by atoms with Gasteiger partial charge >= 0.3 is 5.97 Å². The van der Waals surface area contributed by atoms with Gasteiger partial charge in [-0.3, -0.25) is 4.79 Å². The zero-order valence-electron chi connectivity index (χ0n) is 12.3. The van der Waals surface area contributed by atoms with Crippen LogP contribution in [0.3, 0.4) is 0 Å². The first-order valence-electron chi connectivity index (χ1n) is 6.27. The summed E-state index contributed by atoms with van der Waals surface area (Å²) in [5, 5.41) is 0. The van der Waals surface area contributed by atoms with Crippen LogP contribution in [0.4, 0.5) is 4.39 Å². The van der Waals surface area contributed by atoms with Gasteiger partial charge in [0.05, 0.1) is 0 Å². The number of carbonyl (C=O) groups excluding carboxylic acids is 2. The third-order valence-corrected chi connectivity index (χ3v) is 2.90. The fraction of sp³-hybridized carbons (Fsp3) is 0.375. The molecule has 3 nitrogen and oxygen atoms in total. The predicted molar refractivity (Wildman–Crippen MR) is 81.4 cm³/mol. The smallest absolute Gasteiger partial charge is 0.353 e. The lowest BCUT2D eigenvalue weighted by Gasteiger charge is -2.23. The lowest BCUT2D eigenvalue weighted by Crippen LogP contribution is -2.43. The first-order valence-corrected chi connectivity index (χ1v) is 7.06. The van der Waals surface area contributed by atoms with Gasteiger partial charge in [0.1, 0.15) is 5.60 Å². The molecule has 1 atom stereocenters. The zero-order chi connectivity index (χ0) is 16.3. The molecule has 0 aromatic heterocycles. The SMILES string of the molecule is CC(C)(C)OC(=O)C(C)(F)C(=O)C#Cc1ccc(Br)cc1. The second-order valence-corrected chi connectivity index (χ2v) is 6.51. The molecule has 112 valence electrons. The maximum atomic E-state index is 14.2. The highest BCUT2D eigenvalue weighted by molar-refractivity contribution is 9.10. The molecule has 0 aliphatic carbocycles. The van der Waals surface area contributed by atoms with E-state index in [9.17, 15) is 14.0 Å². The molecule has 0 saturated heterocycles. The van der Waals surface area contributed by atoms with Crippen molar-refractivity contribution in [2.45, 2.75) is 39.0 Å². The molecule has 0 fully saturated rings. The number of benzene rings is 1. The van der Waals surface area contributed by atoms with Gasteiger partial charge in [-0.05, 0) is 57.9 Å². The van der Waals surface area contributed by atoms with Gasteiger partial charge in [0.25, 0.3) is 11.5 Å². The topological polar surface area (TPSA) is 43.4 Å². The van der Waals surface area contributed by atoms with Crippen LogP contribution in [0.25, 0.3) is 0 Å². The third kappa shape index (κ3) is 5.31. The lowest BCUT2D eigenvalue weighted by molar-refractivity contribution is -0.169. The van der Waals surface area contributed by atoms with E-state index in [0.29, 0.717) is 5.56 Å². The van der Waals surface area contributed by atoms with E-state index in [-0.39, 0.29) is 0 Å². The van der Waals surface area contributed by atoms with Crippen molar-refractivity contribution in [2.24, 2.45) is 0 Å². The molecule has 0 bridgehead atoms. The molecule has 5 heteroatoms. The second-order valence-electron chi connectivity index (χ2n) is 5.59. The van der Waals surface area contributed by atoms with Crippen LogP contribution < -0.4 is 0 Å². The quantitative estimate of drug-likeness (QED) is 0.464. The van der Waals surface area contributed by atoms with Crippen molar-refractivity contribution in [2.75, 3.05) is 0 Å². The van der Waals surface area contributed by atoms with Crippen molar-refractivity contribution in [3.8, 4) is 11.8 Å². The highest BCUT2D eigenvalue weighted by Gasteiger charge is 2.43. The fourth-order valence-electron chi connectivity index (χ4n) is 1.25. The highest BCUT2D eigenvalue weighted by Crippen LogP contribution is 2.19. The number of esters is 1. The summed E-state index contributed by atoms with van der Waals surface area (Å²) in [6.07, 6.45) is 0. The molecule has 0 spiro atoms. The van der Waals surface area contributed by atoms with Crippen molar-refractivity contribution in [1.29, 1.82) is 0 Å². The van der Waals surface area contributed by atoms with Gasteiger partial charge in [-0.25, -0.2) is 9.18 Å². The summed E-state index contributed by atoms with van der Waals surface area (Å²) in [4.78, 5) is 23.5. The van der Waals surface area contributed by atoms with Crippen LogP contribution in [0.15, 0.2) is 28.7 Å². The zero-order valence-corrected chi connectivity index (χ0v) is 13.9. The Hall–Kier alpha value is -1.67. The van der Waals surface area contributed by atoms with Crippen LogP contribution in [0.5, 0.6) is 0 Å². The number of rotatable bonds is 2. The maximum absolute atomic E-state index is 14.2. The molecule has 0 N–H and O–H groups in total. The normalized spacial score (nSPS) is 13.6. The number of Topliss-reactive ketones (excluding diaryl/α,β-unsaturated/α-hetero) is 1. The van der Waals surface area contributed by atoms with Crippen LogP contribution in [0.2, 0.25) is 0 Å². The maximum Gasteiger partial charge on any atom is 0.353 e. The number of carbonyl (C=O) groups is 2. The molecule has 0 radical (unpaired) electrons. The third-order valence-electron chi connectivity index (χ3n) is 2.37. The predicted octanol–water partition coefficient (Wildman–Crippen LogP) is 3.44. The molecule has 0 aliphatic heterocycles. The standard InChI is InChI=1S/C16H16BrFO3/c1-15(2,3)21-14(20)16(4,18)13(19)10-7-11-5-8-12(17)9-6-11/h5-6,8-9H,1-4H3. The molecule has 0 aliphatic rings. The fourth-order valence-corrected chi connectivity index (χ4v) is 1.51. The summed E-state index contributed by atoms with van der Waals surface area (Å²) in [5.41, 5.74) is -3.11. The van der Waals surface area contributed by atoms with Gasteiger partial charge in [-0.1, -0.05) is 21.9 Å². The molecule has 1 unspecified atom stereocenters. The van der Waals surface area contributed by atoms with E-state index in [1.807, 2.05) is 0 Å². The molecule has 0 saturated carbocycles. The Morgan fingerprint density at radius 1 is 1.14 bits per heavy atom. The van der Waals surface area contributed by atoms with Crippen molar-refractivity contribution >= 4 is 27.7 Å². The monoisotopic (exact) mass is 354 g/mol. The van der Waals surface area contributed by atoms with Crippen LogP contribution in [0, 0.1) is 11.8 Å². The van der Waals surface area contributed by atoms with Crippen molar-refractivity contribution in [3.05, 3.63) is 34.3 Å². The molecule has 1 rings (SSSR count). The van der Waals surface area contributed by atoms with Gasteiger partial charge in [0, 0.05) is 10.0 Å². The Morgan fingerprint density at radius 3 is 2.14 bits per heavy atom. The minimum atomic E-state index is -2.78. The highest BCUT2D eigenvalue weighted by atomic mass is 79.9. The Morgan fingerprint density at radius 2 is 1.67 bits per heavy atom. The van der Waals surface area contributed by atoms with E-state index < -0.39 is 23.0 Å². The van der Waals surface area contributed by atoms with Crippen LogP contribution in [-0.4, -0.2) is 23.0 Å². The minimum absolute atomic E-state index is 0.548. The first-order chi connectivity index (χ1) is 9.52. The minimum Gasteiger partial charge on any atom is -0.457 e. The second kappa shape index (κ2) is 6.40. The van der Waals surface area contributed by atoms with Gasteiger partial charge in [-0.2, -0.15) is 0 Å². The summed E-state index contributed by atoms with van der Waals surface area (Å²) < 4.78 is 20.0. The summed E-state index contributed by atoms with van der Waals surface area (Å²) >= 11 is 3.27.